The molecule has 0 aliphatic rings. The molecule has 1 rings (SSSR count). The molecule has 1 aromatic heterocycles. The second-order valence-corrected chi connectivity index (χ2v) is 3.61. The Labute approximate surface area is 106 Å². The van der Waals surface area contributed by atoms with Crippen LogP contribution in [0.1, 0.15) is 20.3 Å². The van der Waals surface area contributed by atoms with Crippen LogP contribution in [-0.4, -0.2) is 34.9 Å². The van der Waals surface area contributed by atoms with E-state index >= 15 is 0 Å². The van der Waals surface area contributed by atoms with Crippen LogP contribution >= 0.6 is 0 Å². The van der Waals surface area contributed by atoms with Gasteiger partial charge in [0.25, 0.3) is 0 Å². The van der Waals surface area contributed by atoms with Crippen LogP contribution in [0.5, 0.6) is 0 Å². The Balaban J connectivity index is 2.59. The average Bonchev–Trinajstić information content (AvgIpc) is 2.83. The predicted octanol–water partition coefficient (Wildman–Crippen LogP) is 1.02. The number of esters is 2. The van der Waals surface area contributed by atoms with E-state index in [1.54, 1.807) is 37.0 Å². The van der Waals surface area contributed by atoms with Crippen molar-refractivity contribution < 1.29 is 19.1 Å². The molecule has 6 nitrogen and oxygen atoms in total. The van der Waals surface area contributed by atoms with Gasteiger partial charge in [-0.05, 0) is 26.3 Å². The Kier molecular flexibility index (Phi) is 5.90. The quantitative estimate of drug-likeness (QED) is 0.536. The number of carbonyl (C=O) groups is 2. The lowest BCUT2D eigenvalue weighted by molar-refractivity contribution is -0.162. The summed E-state index contributed by atoms with van der Waals surface area (Å²) in [5, 5.41) is 4.01. The van der Waals surface area contributed by atoms with E-state index in [2.05, 4.69) is 5.10 Å². The maximum atomic E-state index is 11.7. The Bertz CT molecular complexity index is 357. The number of aryl methyl sites for hydroxylation is 1. The molecule has 0 saturated heterocycles. The summed E-state index contributed by atoms with van der Waals surface area (Å²) in [5.74, 6) is -1.96. The third-order valence-corrected chi connectivity index (χ3v) is 2.35. The summed E-state index contributed by atoms with van der Waals surface area (Å²) in [6, 6.07) is 1.78. The molecule has 0 amide bonds. The van der Waals surface area contributed by atoms with E-state index in [9.17, 15) is 9.59 Å². The van der Waals surface area contributed by atoms with Crippen LogP contribution in [-0.2, 0) is 25.6 Å². The van der Waals surface area contributed by atoms with Crippen molar-refractivity contribution in [3.05, 3.63) is 18.5 Å². The zero-order valence-corrected chi connectivity index (χ0v) is 10.7. The van der Waals surface area contributed by atoms with E-state index in [1.165, 1.54) is 0 Å². The molecule has 1 aromatic rings. The van der Waals surface area contributed by atoms with Crippen LogP contribution in [0, 0.1) is 5.92 Å². The van der Waals surface area contributed by atoms with Crippen molar-refractivity contribution >= 4 is 11.9 Å². The normalized spacial score (nSPS) is 10.4. The third kappa shape index (κ3) is 4.20. The fourth-order valence-corrected chi connectivity index (χ4v) is 1.51. The molecule has 0 atom stereocenters. The first-order valence-electron chi connectivity index (χ1n) is 5.99. The number of hydrogen-bond donors (Lipinski definition) is 0. The molecular formula is C12H18N2O4. The first kappa shape index (κ1) is 14.2. The summed E-state index contributed by atoms with van der Waals surface area (Å²) in [4.78, 5) is 23.3. The average molecular weight is 254 g/mol. The van der Waals surface area contributed by atoms with E-state index in [0.29, 0.717) is 13.0 Å². The predicted molar refractivity (Wildman–Crippen MR) is 63.6 cm³/mol. The first-order valence-corrected chi connectivity index (χ1v) is 5.99. The molecule has 0 unspecified atom stereocenters. The third-order valence-electron chi connectivity index (χ3n) is 2.35. The first-order chi connectivity index (χ1) is 8.69. The van der Waals surface area contributed by atoms with Gasteiger partial charge in [0.15, 0.2) is 5.92 Å². The van der Waals surface area contributed by atoms with Gasteiger partial charge in [-0.25, -0.2) is 0 Å². The van der Waals surface area contributed by atoms with Gasteiger partial charge in [-0.2, -0.15) is 5.10 Å². The Morgan fingerprint density at radius 3 is 2.28 bits per heavy atom. The second-order valence-electron chi connectivity index (χ2n) is 3.61. The number of aromatic nitrogens is 2. The lowest BCUT2D eigenvalue weighted by atomic mass is 10.1. The van der Waals surface area contributed by atoms with Crippen molar-refractivity contribution in [3.8, 4) is 0 Å². The smallest absolute Gasteiger partial charge is 0.320 e. The molecular weight excluding hydrogens is 236 g/mol. The van der Waals surface area contributed by atoms with Crippen LogP contribution in [0.2, 0.25) is 0 Å². The number of rotatable bonds is 7. The molecule has 6 heteroatoms. The standard InChI is InChI=1S/C12H18N2O4/c1-3-17-11(15)10(12(16)18-4-2)6-9-14-8-5-7-13-14/h5,7-8,10H,3-4,6,9H2,1-2H3. The highest BCUT2D eigenvalue weighted by Crippen LogP contribution is 2.10. The molecule has 1 heterocycles. The molecule has 0 aliphatic heterocycles. The van der Waals surface area contributed by atoms with Crippen molar-refractivity contribution in [2.45, 2.75) is 26.8 Å². The molecule has 0 fully saturated rings. The lowest BCUT2D eigenvalue weighted by Crippen LogP contribution is -2.29. The minimum atomic E-state index is -0.880. The van der Waals surface area contributed by atoms with Gasteiger partial charge in [0.1, 0.15) is 0 Å². The van der Waals surface area contributed by atoms with Crippen LogP contribution in [0.15, 0.2) is 18.5 Å². The van der Waals surface area contributed by atoms with Gasteiger partial charge in [-0.15, -0.1) is 0 Å². The summed E-state index contributed by atoms with van der Waals surface area (Å²) in [6.07, 6.45) is 3.73. The van der Waals surface area contributed by atoms with E-state index < -0.39 is 17.9 Å². The largest absolute Gasteiger partial charge is 0.465 e. The zero-order valence-electron chi connectivity index (χ0n) is 10.7. The number of ether oxygens (including phenoxy) is 2. The van der Waals surface area contributed by atoms with Gasteiger partial charge in [0.05, 0.1) is 13.2 Å². The summed E-state index contributed by atoms with van der Waals surface area (Å²) < 4.78 is 11.4. The van der Waals surface area contributed by atoms with E-state index in [-0.39, 0.29) is 13.2 Å². The van der Waals surface area contributed by atoms with Crippen molar-refractivity contribution in [1.82, 2.24) is 9.78 Å². The van der Waals surface area contributed by atoms with Crippen molar-refractivity contribution in [2.75, 3.05) is 13.2 Å². The maximum Gasteiger partial charge on any atom is 0.320 e. The minimum Gasteiger partial charge on any atom is -0.465 e. The van der Waals surface area contributed by atoms with Gasteiger partial charge in [-0.3, -0.25) is 14.3 Å². The Hall–Kier alpha value is -1.85. The second kappa shape index (κ2) is 7.47. The summed E-state index contributed by atoms with van der Waals surface area (Å²) in [5.41, 5.74) is 0. The van der Waals surface area contributed by atoms with Crippen LogP contribution in [0.3, 0.4) is 0 Å². The molecule has 0 aliphatic carbocycles. The number of carbonyl (C=O) groups excluding carboxylic acids is 2. The number of nitrogens with zero attached hydrogens (tertiary/aromatic N) is 2. The lowest BCUT2D eigenvalue weighted by Gasteiger charge is -2.14. The van der Waals surface area contributed by atoms with E-state index in [0.717, 1.165) is 0 Å². The molecule has 0 radical (unpaired) electrons. The zero-order chi connectivity index (χ0) is 13.4. The van der Waals surface area contributed by atoms with E-state index in [1.807, 2.05) is 0 Å². The highest BCUT2D eigenvalue weighted by Gasteiger charge is 2.29. The fraction of sp³-hybridized carbons (Fsp3) is 0.583. The topological polar surface area (TPSA) is 70.4 Å². The van der Waals surface area contributed by atoms with E-state index in [4.69, 9.17) is 9.47 Å². The molecule has 0 spiro atoms. The summed E-state index contributed by atoms with van der Waals surface area (Å²) >= 11 is 0. The highest BCUT2D eigenvalue weighted by atomic mass is 16.6. The van der Waals surface area contributed by atoms with Gasteiger partial charge in [-0.1, -0.05) is 0 Å². The molecule has 0 aromatic carbocycles. The fourth-order valence-electron chi connectivity index (χ4n) is 1.51. The maximum absolute atomic E-state index is 11.7. The monoisotopic (exact) mass is 254 g/mol. The van der Waals surface area contributed by atoms with Gasteiger partial charge in [0, 0.05) is 18.9 Å². The van der Waals surface area contributed by atoms with Crippen LogP contribution < -0.4 is 0 Å². The van der Waals surface area contributed by atoms with Gasteiger partial charge >= 0.3 is 11.9 Å². The number of hydrogen-bond acceptors (Lipinski definition) is 5. The molecule has 0 N–H and O–H groups in total. The molecule has 0 saturated carbocycles. The van der Waals surface area contributed by atoms with Crippen LogP contribution in [0.25, 0.3) is 0 Å². The van der Waals surface area contributed by atoms with Crippen molar-refractivity contribution in [3.63, 3.8) is 0 Å². The highest BCUT2D eigenvalue weighted by molar-refractivity contribution is 5.94. The van der Waals surface area contributed by atoms with Gasteiger partial charge < -0.3 is 9.47 Å². The Morgan fingerprint density at radius 1 is 1.22 bits per heavy atom. The molecule has 0 bridgehead atoms. The minimum absolute atomic E-state index is 0.247. The summed E-state index contributed by atoms with van der Waals surface area (Å²) in [7, 11) is 0. The van der Waals surface area contributed by atoms with Crippen LogP contribution in [0.4, 0.5) is 0 Å². The Morgan fingerprint density at radius 2 is 1.83 bits per heavy atom. The SMILES string of the molecule is CCOC(=O)C(CCn1cccn1)C(=O)OCC. The van der Waals surface area contributed by atoms with Crippen molar-refractivity contribution in [2.24, 2.45) is 5.92 Å². The molecule has 100 valence electrons. The van der Waals surface area contributed by atoms with Crippen molar-refractivity contribution in [1.29, 1.82) is 0 Å². The molecule has 18 heavy (non-hydrogen) atoms. The summed E-state index contributed by atoms with van der Waals surface area (Å²) in [6.45, 7) is 4.36. The van der Waals surface area contributed by atoms with Gasteiger partial charge in [0.2, 0.25) is 0 Å².